The molecule has 0 bridgehead atoms. The van der Waals surface area contributed by atoms with Crippen molar-refractivity contribution in [1.29, 1.82) is 0 Å². The average Bonchev–Trinajstić information content (AvgIpc) is 2.98. The maximum Gasteiger partial charge on any atom is 0.0934 e. The Morgan fingerprint density at radius 1 is 0.707 bits per heavy atom. The Bertz CT molecular complexity index is 671. The molecule has 4 nitrogen and oxygen atoms in total. The second-order valence-corrected chi connectivity index (χ2v) is 12.2. The molecule has 0 unspecified atom stereocenters. The summed E-state index contributed by atoms with van der Waals surface area (Å²) < 4.78 is 12.6. The van der Waals surface area contributed by atoms with Gasteiger partial charge in [-0.2, -0.15) is 0 Å². The maximum atomic E-state index is 6.44. The van der Waals surface area contributed by atoms with Gasteiger partial charge in [-0.1, -0.05) is 134 Å². The first kappa shape index (κ1) is 40.6. The normalized spacial score (nSPS) is 15.7. The number of unbranched alkanes of at least 4 members (excludes halogenated alkanes) is 14. The third kappa shape index (κ3) is 18.1. The van der Waals surface area contributed by atoms with Crippen LogP contribution in [0.1, 0.15) is 135 Å². The number of piperidine rings is 1. The van der Waals surface area contributed by atoms with E-state index >= 15 is 0 Å². The number of ether oxygens (including phenoxy) is 2. The van der Waals surface area contributed by atoms with E-state index in [4.69, 9.17) is 15.2 Å². The third-order valence-corrected chi connectivity index (χ3v) is 8.85. The Hall–Kier alpha value is -0.360. The number of nitrogens with two attached hydrogens (primary N) is 1. The van der Waals surface area contributed by atoms with E-state index in [0.717, 1.165) is 58.8 Å². The summed E-state index contributed by atoms with van der Waals surface area (Å²) in [6.07, 6.45) is 23.8. The third-order valence-electron chi connectivity index (χ3n) is 8.85. The van der Waals surface area contributed by atoms with E-state index in [0.29, 0.717) is 0 Å². The number of hydrogen-bond donors (Lipinski definition) is 1. The Morgan fingerprint density at radius 2 is 1.20 bits per heavy atom. The van der Waals surface area contributed by atoms with Gasteiger partial charge in [0, 0.05) is 31.7 Å². The summed E-state index contributed by atoms with van der Waals surface area (Å²) in [6.45, 7) is 10.9. The van der Waals surface area contributed by atoms with Gasteiger partial charge in [0.1, 0.15) is 0 Å². The van der Waals surface area contributed by atoms with E-state index in [1.807, 2.05) is 0 Å². The lowest BCUT2D eigenvalue weighted by Crippen LogP contribution is -2.49. The predicted octanol–water partition coefficient (Wildman–Crippen LogP) is 9.51. The molecule has 242 valence electrons. The summed E-state index contributed by atoms with van der Waals surface area (Å²) in [5, 5.41) is 0. The smallest absolute Gasteiger partial charge is 0.0934 e. The molecule has 1 aliphatic rings. The molecule has 1 saturated heterocycles. The van der Waals surface area contributed by atoms with Crippen LogP contribution in [0.2, 0.25) is 0 Å². The van der Waals surface area contributed by atoms with Gasteiger partial charge in [0.15, 0.2) is 0 Å². The molecule has 1 fully saturated rings. The van der Waals surface area contributed by atoms with Crippen molar-refractivity contribution >= 4 is 24.8 Å². The summed E-state index contributed by atoms with van der Waals surface area (Å²) >= 11 is 0. The van der Waals surface area contributed by atoms with Crippen molar-refractivity contribution in [3.8, 4) is 0 Å². The Balaban J connectivity index is 0.00000800. The number of hydrogen-bond acceptors (Lipinski definition) is 4. The summed E-state index contributed by atoms with van der Waals surface area (Å²) in [5.74, 6) is 0. The molecule has 1 aromatic rings. The summed E-state index contributed by atoms with van der Waals surface area (Å²) in [4.78, 5) is 2.59. The molecule has 2 N–H and O–H groups in total. The van der Waals surface area contributed by atoms with Gasteiger partial charge in [-0.15, -0.1) is 24.8 Å². The monoisotopic (exact) mass is 616 g/mol. The number of halogens is 2. The molecule has 0 amide bonds. The van der Waals surface area contributed by atoms with Crippen LogP contribution in [0.4, 0.5) is 0 Å². The van der Waals surface area contributed by atoms with Crippen LogP contribution < -0.4 is 5.73 Å². The molecule has 1 aliphatic heterocycles. The van der Waals surface area contributed by atoms with Crippen molar-refractivity contribution in [2.45, 2.75) is 141 Å². The van der Waals surface area contributed by atoms with E-state index in [1.165, 1.54) is 108 Å². The van der Waals surface area contributed by atoms with Crippen molar-refractivity contribution in [3.63, 3.8) is 0 Å². The van der Waals surface area contributed by atoms with E-state index < -0.39 is 0 Å². The molecule has 41 heavy (non-hydrogen) atoms. The van der Waals surface area contributed by atoms with Gasteiger partial charge in [0.25, 0.3) is 0 Å². The summed E-state index contributed by atoms with van der Waals surface area (Å²) in [7, 11) is 0. The standard InChI is InChI=1S/C35H64N2O2.2ClH/c1-3-5-7-9-11-13-15-20-28-38-31-34(39-29-21-16-14-12-10-8-6-4-2)30-37-26-24-35(32-36,25-27-37)33-22-18-17-19-23-33;;/h17-19,22-23,34H,3-16,20-21,24-32,36H2,1-2H3;2*1H/t34-;;/m1../s1. The van der Waals surface area contributed by atoms with E-state index in [9.17, 15) is 0 Å². The molecular weight excluding hydrogens is 551 g/mol. The average molecular weight is 618 g/mol. The van der Waals surface area contributed by atoms with Crippen LogP contribution in [0.25, 0.3) is 0 Å². The second kappa shape index (κ2) is 27.2. The zero-order valence-electron chi connectivity index (χ0n) is 26.8. The summed E-state index contributed by atoms with van der Waals surface area (Å²) in [5.41, 5.74) is 7.87. The van der Waals surface area contributed by atoms with Gasteiger partial charge in [0.2, 0.25) is 0 Å². The summed E-state index contributed by atoms with van der Waals surface area (Å²) in [6, 6.07) is 10.9. The molecule has 1 atom stereocenters. The van der Waals surface area contributed by atoms with Gasteiger partial charge < -0.3 is 20.1 Å². The van der Waals surface area contributed by atoms with Gasteiger partial charge in [-0.3, -0.25) is 0 Å². The van der Waals surface area contributed by atoms with Gasteiger partial charge >= 0.3 is 0 Å². The molecule has 1 aromatic carbocycles. The number of rotatable bonds is 25. The zero-order valence-corrected chi connectivity index (χ0v) is 28.4. The van der Waals surface area contributed by atoms with Crippen LogP contribution in [0.15, 0.2) is 30.3 Å². The molecule has 0 saturated carbocycles. The van der Waals surface area contributed by atoms with Crippen LogP contribution in [0.3, 0.4) is 0 Å². The molecule has 2 rings (SSSR count). The van der Waals surface area contributed by atoms with E-state index in [1.54, 1.807) is 0 Å². The Kier molecular flexibility index (Phi) is 27.0. The van der Waals surface area contributed by atoms with Crippen molar-refractivity contribution in [2.24, 2.45) is 5.73 Å². The molecule has 6 heteroatoms. The van der Waals surface area contributed by atoms with Crippen LogP contribution in [-0.2, 0) is 14.9 Å². The van der Waals surface area contributed by atoms with Gasteiger partial charge in [-0.05, 0) is 44.3 Å². The highest BCUT2D eigenvalue weighted by molar-refractivity contribution is 5.85. The Morgan fingerprint density at radius 3 is 1.71 bits per heavy atom. The number of benzene rings is 1. The highest BCUT2D eigenvalue weighted by Crippen LogP contribution is 2.34. The first-order valence-electron chi connectivity index (χ1n) is 16.9. The first-order valence-corrected chi connectivity index (χ1v) is 16.9. The van der Waals surface area contributed by atoms with Gasteiger partial charge in [0.05, 0.1) is 12.7 Å². The Labute approximate surface area is 267 Å². The van der Waals surface area contributed by atoms with Crippen LogP contribution >= 0.6 is 24.8 Å². The maximum absolute atomic E-state index is 6.44. The molecule has 0 aromatic heterocycles. The lowest BCUT2D eigenvalue weighted by atomic mass is 9.73. The molecule has 0 spiro atoms. The molecule has 1 heterocycles. The predicted molar refractivity (Wildman–Crippen MR) is 183 cm³/mol. The number of nitrogens with zero attached hydrogens (tertiary/aromatic N) is 1. The minimum absolute atomic E-state index is 0. The van der Waals surface area contributed by atoms with Crippen LogP contribution in [-0.4, -0.2) is 57.0 Å². The fourth-order valence-corrected chi connectivity index (χ4v) is 6.05. The van der Waals surface area contributed by atoms with Crippen molar-refractivity contribution < 1.29 is 9.47 Å². The minimum atomic E-state index is 0. The topological polar surface area (TPSA) is 47.7 Å². The largest absolute Gasteiger partial charge is 0.379 e. The minimum Gasteiger partial charge on any atom is -0.379 e. The van der Waals surface area contributed by atoms with Crippen molar-refractivity contribution in [3.05, 3.63) is 35.9 Å². The molecule has 0 radical (unpaired) electrons. The quantitative estimate of drug-likeness (QED) is 0.111. The van der Waals surface area contributed by atoms with Gasteiger partial charge in [-0.25, -0.2) is 0 Å². The SMILES string of the molecule is CCCCCCCCCCOC[C@@H](CN1CCC(CN)(c2ccccc2)CC1)OCCCCCCCCCC.Cl.Cl. The fraction of sp³-hybridized carbons (Fsp3) is 0.829. The highest BCUT2D eigenvalue weighted by atomic mass is 35.5. The highest BCUT2D eigenvalue weighted by Gasteiger charge is 2.35. The van der Waals surface area contributed by atoms with Crippen molar-refractivity contribution in [2.75, 3.05) is 46.0 Å². The molecule has 0 aliphatic carbocycles. The molecular formula is C35H66Cl2N2O2. The van der Waals surface area contributed by atoms with E-state index in [-0.39, 0.29) is 36.3 Å². The first-order chi connectivity index (χ1) is 19.2. The number of likely N-dealkylation sites (tertiary alicyclic amines) is 1. The van der Waals surface area contributed by atoms with Crippen LogP contribution in [0.5, 0.6) is 0 Å². The zero-order chi connectivity index (χ0) is 27.9. The second-order valence-electron chi connectivity index (χ2n) is 12.2. The van der Waals surface area contributed by atoms with Crippen molar-refractivity contribution in [1.82, 2.24) is 4.90 Å². The van der Waals surface area contributed by atoms with E-state index in [2.05, 4.69) is 49.1 Å². The lowest BCUT2D eigenvalue weighted by Gasteiger charge is -2.42. The fourth-order valence-electron chi connectivity index (χ4n) is 6.05. The van der Waals surface area contributed by atoms with Crippen LogP contribution in [0, 0.1) is 0 Å². The lowest BCUT2D eigenvalue weighted by molar-refractivity contribution is -0.0388.